The van der Waals surface area contributed by atoms with Crippen LogP contribution in [0.3, 0.4) is 0 Å². The summed E-state index contributed by atoms with van der Waals surface area (Å²) in [5, 5.41) is 9.64. The molecule has 0 aromatic rings. The summed E-state index contributed by atoms with van der Waals surface area (Å²) in [6.45, 7) is 2.61. The Hall–Kier alpha value is -1.43. The SMILES string of the molecule is CCC1CC2C(=O)N(C3(C(=O)O)CCOCC3)C(=O)C2C1. The predicted octanol–water partition coefficient (Wildman–Crippen LogP) is 1.04. The number of hydrogen-bond acceptors (Lipinski definition) is 4. The summed E-state index contributed by atoms with van der Waals surface area (Å²) in [6.07, 6.45) is 2.78. The fourth-order valence-electron chi connectivity index (χ4n) is 4.13. The minimum atomic E-state index is -1.39. The summed E-state index contributed by atoms with van der Waals surface area (Å²) < 4.78 is 5.22. The quantitative estimate of drug-likeness (QED) is 0.787. The monoisotopic (exact) mass is 295 g/mol. The van der Waals surface area contributed by atoms with E-state index in [4.69, 9.17) is 4.74 Å². The molecule has 0 bridgehead atoms. The Morgan fingerprint density at radius 2 is 1.76 bits per heavy atom. The molecule has 3 rings (SSSR count). The summed E-state index contributed by atoms with van der Waals surface area (Å²) in [5.74, 6) is -1.83. The predicted molar refractivity (Wildman–Crippen MR) is 72.3 cm³/mol. The highest BCUT2D eigenvalue weighted by molar-refractivity contribution is 6.09. The average Bonchev–Trinajstić information content (AvgIpc) is 3.00. The molecular weight excluding hydrogens is 274 g/mol. The summed E-state index contributed by atoms with van der Waals surface area (Å²) >= 11 is 0. The van der Waals surface area contributed by atoms with E-state index in [2.05, 4.69) is 6.92 Å². The molecule has 2 aliphatic heterocycles. The number of likely N-dealkylation sites (tertiary alicyclic amines) is 1. The van der Waals surface area contributed by atoms with Gasteiger partial charge < -0.3 is 9.84 Å². The van der Waals surface area contributed by atoms with Crippen LogP contribution in [-0.4, -0.2) is 46.5 Å². The third-order valence-corrected chi connectivity index (χ3v) is 5.46. The number of carbonyl (C=O) groups excluding carboxylic acids is 2. The first-order chi connectivity index (χ1) is 10.0. The van der Waals surface area contributed by atoms with E-state index in [0.717, 1.165) is 11.3 Å². The number of aliphatic carboxylic acids is 1. The number of nitrogens with zero attached hydrogens (tertiary/aromatic N) is 1. The number of imide groups is 1. The average molecular weight is 295 g/mol. The first-order valence-corrected chi connectivity index (χ1v) is 7.70. The van der Waals surface area contributed by atoms with Gasteiger partial charge in [0.15, 0.2) is 5.54 Å². The second-order valence-corrected chi connectivity index (χ2v) is 6.42. The molecule has 2 unspecified atom stereocenters. The molecule has 2 atom stereocenters. The van der Waals surface area contributed by atoms with Gasteiger partial charge in [-0.2, -0.15) is 0 Å². The maximum absolute atomic E-state index is 12.7. The van der Waals surface area contributed by atoms with Crippen LogP contribution in [0.2, 0.25) is 0 Å². The van der Waals surface area contributed by atoms with Crippen molar-refractivity contribution in [1.82, 2.24) is 4.90 Å². The summed E-state index contributed by atoms with van der Waals surface area (Å²) in [5.41, 5.74) is -1.39. The minimum Gasteiger partial charge on any atom is -0.479 e. The van der Waals surface area contributed by atoms with E-state index in [-0.39, 0.29) is 49.7 Å². The second-order valence-electron chi connectivity index (χ2n) is 6.42. The largest absolute Gasteiger partial charge is 0.479 e. The van der Waals surface area contributed by atoms with Crippen LogP contribution >= 0.6 is 0 Å². The smallest absolute Gasteiger partial charge is 0.330 e. The van der Waals surface area contributed by atoms with Crippen LogP contribution in [0.15, 0.2) is 0 Å². The number of rotatable bonds is 3. The van der Waals surface area contributed by atoms with E-state index in [1.165, 1.54) is 0 Å². The lowest BCUT2D eigenvalue weighted by Crippen LogP contribution is -2.60. The molecule has 1 aliphatic carbocycles. The minimum absolute atomic E-state index is 0.191. The number of carboxylic acid groups (broad SMARTS) is 1. The van der Waals surface area contributed by atoms with Gasteiger partial charge in [0.25, 0.3) is 0 Å². The molecule has 0 aromatic carbocycles. The number of hydrogen-bond donors (Lipinski definition) is 1. The van der Waals surface area contributed by atoms with Gasteiger partial charge >= 0.3 is 5.97 Å². The number of ether oxygens (including phenoxy) is 1. The lowest BCUT2D eigenvalue weighted by Gasteiger charge is -2.40. The van der Waals surface area contributed by atoms with Crippen LogP contribution in [0.5, 0.6) is 0 Å². The van der Waals surface area contributed by atoms with Crippen LogP contribution in [0.25, 0.3) is 0 Å². The Balaban J connectivity index is 1.91. The van der Waals surface area contributed by atoms with Crippen LogP contribution < -0.4 is 0 Å². The number of amides is 2. The lowest BCUT2D eigenvalue weighted by atomic mass is 9.87. The number of fused-ring (bicyclic) bond motifs is 1. The summed E-state index contributed by atoms with van der Waals surface area (Å²) in [6, 6.07) is 0. The Labute approximate surface area is 123 Å². The molecule has 3 fully saturated rings. The fraction of sp³-hybridized carbons (Fsp3) is 0.800. The normalized spacial score (nSPS) is 35.1. The molecule has 2 heterocycles. The molecule has 0 aromatic heterocycles. The molecule has 2 amide bonds. The van der Waals surface area contributed by atoms with Crippen molar-refractivity contribution >= 4 is 17.8 Å². The highest BCUT2D eigenvalue weighted by Gasteiger charge is 2.61. The number of carboxylic acids is 1. The Kier molecular flexibility index (Phi) is 3.51. The van der Waals surface area contributed by atoms with E-state index in [9.17, 15) is 19.5 Å². The Morgan fingerprint density at radius 1 is 1.24 bits per heavy atom. The molecule has 6 heteroatoms. The topological polar surface area (TPSA) is 83.9 Å². The zero-order chi connectivity index (χ0) is 15.2. The van der Waals surface area contributed by atoms with E-state index < -0.39 is 11.5 Å². The number of carbonyl (C=O) groups is 3. The van der Waals surface area contributed by atoms with Gasteiger partial charge in [-0.05, 0) is 18.8 Å². The van der Waals surface area contributed by atoms with Gasteiger partial charge in [0.2, 0.25) is 11.8 Å². The molecule has 1 N–H and O–H groups in total. The maximum atomic E-state index is 12.7. The van der Waals surface area contributed by atoms with Gasteiger partial charge in [-0.15, -0.1) is 0 Å². The highest BCUT2D eigenvalue weighted by Crippen LogP contribution is 2.47. The van der Waals surface area contributed by atoms with Crippen LogP contribution in [-0.2, 0) is 19.1 Å². The fourth-order valence-corrected chi connectivity index (χ4v) is 4.13. The van der Waals surface area contributed by atoms with Gasteiger partial charge in [0.05, 0.1) is 11.8 Å². The van der Waals surface area contributed by atoms with Crippen molar-refractivity contribution in [3.05, 3.63) is 0 Å². The molecule has 2 saturated heterocycles. The molecule has 0 radical (unpaired) electrons. The van der Waals surface area contributed by atoms with E-state index in [0.29, 0.717) is 18.8 Å². The van der Waals surface area contributed by atoms with E-state index >= 15 is 0 Å². The van der Waals surface area contributed by atoms with Gasteiger partial charge in [-0.1, -0.05) is 13.3 Å². The van der Waals surface area contributed by atoms with Crippen molar-refractivity contribution in [3.8, 4) is 0 Å². The maximum Gasteiger partial charge on any atom is 0.330 e. The summed E-state index contributed by atoms with van der Waals surface area (Å²) in [4.78, 5) is 38.2. The van der Waals surface area contributed by atoms with Crippen molar-refractivity contribution in [2.24, 2.45) is 17.8 Å². The molecule has 0 spiro atoms. The van der Waals surface area contributed by atoms with Gasteiger partial charge in [0, 0.05) is 26.1 Å². The highest BCUT2D eigenvalue weighted by atomic mass is 16.5. The molecular formula is C15H21NO5. The standard InChI is InChI=1S/C15H21NO5/c1-2-9-7-10-11(8-9)13(18)16(12(10)17)15(14(19)20)3-5-21-6-4-15/h9-11H,2-8H2,1H3,(H,19,20). The van der Waals surface area contributed by atoms with Crippen molar-refractivity contribution in [3.63, 3.8) is 0 Å². The lowest BCUT2D eigenvalue weighted by molar-refractivity contribution is -0.170. The van der Waals surface area contributed by atoms with Gasteiger partial charge in [0.1, 0.15) is 0 Å². The van der Waals surface area contributed by atoms with Crippen LogP contribution in [0, 0.1) is 17.8 Å². The van der Waals surface area contributed by atoms with Crippen molar-refractivity contribution < 1.29 is 24.2 Å². The molecule has 21 heavy (non-hydrogen) atoms. The van der Waals surface area contributed by atoms with Crippen molar-refractivity contribution in [2.75, 3.05) is 13.2 Å². The third-order valence-electron chi connectivity index (χ3n) is 5.46. The molecule has 116 valence electrons. The molecule has 6 nitrogen and oxygen atoms in total. The molecule has 1 saturated carbocycles. The Morgan fingerprint density at radius 3 is 2.19 bits per heavy atom. The third kappa shape index (κ3) is 1.99. The molecule has 3 aliphatic rings. The first kappa shape index (κ1) is 14.5. The van der Waals surface area contributed by atoms with Crippen LogP contribution in [0.1, 0.15) is 39.0 Å². The van der Waals surface area contributed by atoms with Crippen molar-refractivity contribution in [2.45, 2.75) is 44.6 Å². The zero-order valence-corrected chi connectivity index (χ0v) is 12.2. The first-order valence-electron chi connectivity index (χ1n) is 7.70. The zero-order valence-electron chi connectivity index (χ0n) is 12.2. The van der Waals surface area contributed by atoms with E-state index in [1.54, 1.807) is 0 Å². The summed E-state index contributed by atoms with van der Waals surface area (Å²) in [7, 11) is 0. The van der Waals surface area contributed by atoms with Gasteiger partial charge in [-0.3, -0.25) is 14.5 Å². The Bertz CT molecular complexity index is 458. The second kappa shape index (κ2) is 5.09. The van der Waals surface area contributed by atoms with E-state index in [1.807, 2.05) is 0 Å². The van der Waals surface area contributed by atoms with Crippen LogP contribution in [0.4, 0.5) is 0 Å². The van der Waals surface area contributed by atoms with Crippen molar-refractivity contribution in [1.29, 1.82) is 0 Å². The van der Waals surface area contributed by atoms with Gasteiger partial charge in [-0.25, -0.2) is 4.79 Å².